The number of hydrogen-bond acceptors (Lipinski definition) is 4. The Bertz CT molecular complexity index is 664. The average molecular weight is 309 g/mol. The summed E-state index contributed by atoms with van der Waals surface area (Å²) in [6.07, 6.45) is 1.27. The SMILES string of the molecule is COC1(C(=O)Nc2nc3c(Cl)cccc3[nH]2)CCNCC1. The number of rotatable bonds is 3. The van der Waals surface area contributed by atoms with Gasteiger partial charge in [-0.2, -0.15) is 0 Å². The van der Waals surface area contributed by atoms with Gasteiger partial charge in [-0.25, -0.2) is 4.98 Å². The molecule has 1 aliphatic heterocycles. The number of piperidine rings is 1. The molecular weight excluding hydrogens is 292 g/mol. The van der Waals surface area contributed by atoms with Crippen molar-refractivity contribution in [1.29, 1.82) is 0 Å². The van der Waals surface area contributed by atoms with Crippen LogP contribution in [0.1, 0.15) is 12.8 Å². The van der Waals surface area contributed by atoms with E-state index in [1.807, 2.05) is 12.1 Å². The topological polar surface area (TPSA) is 79.0 Å². The maximum Gasteiger partial charge on any atom is 0.259 e. The number of halogens is 1. The van der Waals surface area contributed by atoms with Crippen LogP contribution in [0.4, 0.5) is 5.95 Å². The minimum Gasteiger partial charge on any atom is -0.368 e. The standard InChI is InChI=1S/C14H17ClN4O2/c1-21-14(5-7-16-8-6-14)12(20)19-13-17-10-4-2-3-9(15)11(10)18-13/h2-4,16H,5-8H2,1H3,(H2,17,18,19,20). The number of H-pyrrole nitrogens is 1. The average Bonchev–Trinajstić information content (AvgIpc) is 2.92. The lowest BCUT2D eigenvalue weighted by Gasteiger charge is -2.34. The number of benzene rings is 1. The van der Waals surface area contributed by atoms with Crippen LogP contribution in [0.5, 0.6) is 0 Å². The molecule has 3 N–H and O–H groups in total. The second-order valence-electron chi connectivity index (χ2n) is 5.12. The van der Waals surface area contributed by atoms with E-state index in [-0.39, 0.29) is 5.91 Å². The van der Waals surface area contributed by atoms with Gasteiger partial charge in [0, 0.05) is 7.11 Å². The number of para-hydroxylation sites is 1. The highest BCUT2D eigenvalue weighted by molar-refractivity contribution is 6.35. The number of imidazole rings is 1. The zero-order valence-electron chi connectivity index (χ0n) is 11.7. The van der Waals surface area contributed by atoms with Crippen LogP contribution in [-0.2, 0) is 9.53 Å². The molecule has 3 rings (SSSR count). The van der Waals surface area contributed by atoms with E-state index in [0.717, 1.165) is 18.6 Å². The predicted octanol–water partition coefficient (Wildman–Crippen LogP) is 1.92. The van der Waals surface area contributed by atoms with Gasteiger partial charge in [0.05, 0.1) is 10.5 Å². The number of aromatic nitrogens is 2. The van der Waals surface area contributed by atoms with Crippen LogP contribution in [0.25, 0.3) is 11.0 Å². The summed E-state index contributed by atoms with van der Waals surface area (Å²) in [7, 11) is 1.57. The molecule has 1 aliphatic rings. The number of fused-ring (bicyclic) bond motifs is 1. The summed E-state index contributed by atoms with van der Waals surface area (Å²) in [6.45, 7) is 1.51. The first-order valence-electron chi connectivity index (χ1n) is 6.86. The van der Waals surface area contributed by atoms with E-state index in [2.05, 4.69) is 20.6 Å². The van der Waals surface area contributed by atoms with E-state index in [0.29, 0.717) is 29.3 Å². The fourth-order valence-electron chi connectivity index (χ4n) is 2.63. The van der Waals surface area contributed by atoms with Crippen LogP contribution >= 0.6 is 11.6 Å². The van der Waals surface area contributed by atoms with Crippen molar-refractivity contribution in [3.05, 3.63) is 23.2 Å². The highest BCUT2D eigenvalue weighted by Crippen LogP contribution is 2.26. The molecule has 2 aromatic rings. The molecule has 1 aromatic heterocycles. The van der Waals surface area contributed by atoms with Gasteiger partial charge in [0.15, 0.2) is 0 Å². The van der Waals surface area contributed by atoms with E-state index in [4.69, 9.17) is 16.3 Å². The molecule has 0 radical (unpaired) electrons. The number of carbonyl (C=O) groups is 1. The maximum atomic E-state index is 12.5. The number of nitrogens with zero attached hydrogens (tertiary/aromatic N) is 1. The summed E-state index contributed by atoms with van der Waals surface area (Å²) in [4.78, 5) is 19.9. The molecule has 1 amide bonds. The molecule has 112 valence electrons. The van der Waals surface area contributed by atoms with Crippen LogP contribution in [0, 0.1) is 0 Å². The Hall–Kier alpha value is -1.63. The third kappa shape index (κ3) is 2.62. The van der Waals surface area contributed by atoms with E-state index >= 15 is 0 Å². The Morgan fingerprint density at radius 1 is 1.43 bits per heavy atom. The Morgan fingerprint density at radius 3 is 2.86 bits per heavy atom. The zero-order chi connectivity index (χ0) is 14.9. The van der Waals surface area contributed by atoms with Crippen LogP contribution in [0.3, 0.4) is 0 Å². The van der Waals surface area contributed by atoms with Crippen LogP contribution in [0.15, 0.2) is 18.2 Å². The number of nitrogens with one attached hydrogen (secondary N) is 3. The number of ether oxygens (including phenoxy) is 1. The molecule has 0 atom stereocenters. The molecule has 0 saturated carbocycles. The van der Waals surface area contributed by atoms with Gasteiger partial charge in [-0.15, -0.1) is 0 Å². The number of anilines is 1. The number of amides is 1. The molecule has 1 saturated heterocycles. The number of methoxy groups -OCH3 is 1. The fraction of sp³-hybridized carbons (Fsp3) is 0.429. The molecule has 6 nitrogen and oxygen atoms in total. The van der Waals surface area contributed by atoms with Crippen molar-refractivity contribution in [1.82, 2.24) is 15.3 Å². The molecule has 1 fully saturated rings. The van der Waals surface area contributed by atoms with Gasteiger partial charge in [-0.1, -0.05) is 17.7 Å². The minimum absolute atomic E-state index is 0.179. The van der Waals surface area contributed by atoms with Gasteiger partial charge in [0.1, 0.15) is 11.1 Å². The van der Waals surface area contributed by atoms with E-state index < -0.39 is 5.60 Å². The van der Waals surface area contributed by atoms with Crippen molar-refractivity contribution in [2.45, 2.75) is 18.4 Å². The predicted molar refractivity (Wildman–Crippen MR) is 81.6 cm³/mol. The second kappa shape index (κ2) is 5.63. The lowest BCUT2D eigenvalue weighted by Crippen LogP contribution is -2.51. The molecule has 0 bridgehead atoms. The minimum atomic E-state index is -0.798. The summed E-state index contributed by atoms with van der Waals surface area (Å²) in [5.41, 5.74) is 0.634. The molecule has 2 heterocycles. The van der Waals surface area contributed by atoms with Crippen molar-refractivity contribution < 1.29 is 9.53 Å². The highest BCUT2D eigenvalue weighted by Gasteiger charge is 2.40. The second-order valence-corrected chi connectivity index (χ2v) is 5.53. The summed E-state index contributed by atoms with van der Waals surface area (Å²) in [5.74, 6) is 0.208. The molecule has 1 aromatic carbocycles. The summed E-state index contributed by atoms with van der Waals surface area (Å²) < 4.78 is 5.49. The largest absolute Gasteiger partial charge is 0.368 e. The summed E-state index contributed by atoms with van der Waals surface area (Å²) in [5, 5.41) is 6.57. The smallest absolute Gasteiger partial charge is 0.259 e. The number of hydrogen-bond donors (Lipinski definition) is 3. The summed E-state index contributed by atoms with van der Waals surface area (Å²) >= 11 is 6.08. The lowest BCUT2D eigenvalue weighted by molar-refractivity contribution is -0.140. The molecular formula is C14H17ClN4O2. The first-order chi connectivity index (χ1) is 10.1. The normalized spacial score (nSPS) is 17.8. The summed E-state index contributed by atoms with van der Waals surface area (Å²) in [6, 6.07) is 5.46. The van der Waals surface area contributed by atoms with Gasteiger partial charge in [0.25, 0.3) is 5.91 Å². The molecule has 0 spiro atoms. The maximum absolute atomic E-state index is 12.5. The Morgan fingerprint density at radius 2 is 2.19 bits per heavy atom. The fourth-order valence-corrected chi connectivity index (χ4v) is 2.85. The molecule has 0 unspecified atom stereocenters. The molecule has 7 heteroatoms. The lowest BCUT2D eigenvalue weighted by atomic mass is 9.91. The first kappa shape index (κ1) is 14.3. The van der Waals surface area contributed by atoms with Crippen LogP contribution in [-0.4, -0.2) is 41.7 Å². The van der Waals surface area contributed by atoms with Crippen molar-refractivity contribution in [2.24, 2.45) is 0 Å². The molecule has 0 aliphatic carbocycles. The van der Waals surface area contributed by atoms with Crippen LogP contribution in [0.2, 0.25) is 5.02 Å². The Kier molecular flexibility index (Phi) is 3.84. The van der Waals surface area contributed by atoms with Crippen molar-refractivity contribution in [2.75, 3.05) is 25.5 Å². The van der Waals surface area contributed by atoms with E-state index in [1.165, 1.54) is 0 Å². The van der Waals surface area contributed by atoms with Gasteiger partial charge in [0.2, 0.25) is 5.95 Å². The van der Waals surface area contributed by atoms with Crippen LogP contribution < -0.4 is 10.6 Å². The quantitative estimate of drug-likeness (QED) is 0.809. The first-order valence-corrected chi connectivity index (χ1v) is 7.24. The van der Waals surface area contributed by atoms with Crippen molar-refractivity contribution in [3.8, 4) is 0 Å². The Labute approximate surface area is 127 Å². The van der Waals surface area contributed by atoms with E-state index in [9.17, 15) is 4.79 Å². The monoisotopic (exact) mass is 308 g/mol. The molecule has 21 heavy (non-hydrogen) atoms. The van der Waals surface area contributed by atoms with E-state index in [1.54, 1.807) is 13.2 Å². The highest BCUT2D eigenvalue weighted by atomic mass is 35.5. The van der Waals surface area contributed by atoms with Gasteiger partial charge >= 0.3 is 0 Å². The zero-order valence-corrected chi connectivity index (χ0v) is 12.5. The van der Waals surface area contributed by atoms with Crippen molar-refractivity contribution >= 4 is 34.5 Å². The van der Waals surface area contributed by atoms with Gasteiger partial charge in [-0.05, 0) is 38.1 Å². The number of carbonyl (C=O) groups excluding carboxylic acids is 1. The van der Waals surface area contributed by atoms with Gasteiger partial charge < -0.3 is 15.0 Å². The van der Waals surface area contributed by atoms with Crippen molar-refractivity contribution in [3.63, 3.8) is 0 Å². The Balaban J connectivity index is 1.83. The van der Waals surface area contributed by atoms with Gasteiger partial charge in [-0.3, -0.25) is 10.1 Å². The third-order valence-corrected chi connectivity index (χ3v) is 4.22. The number of aromatic amines is 1. The third-order valence-electron chi connectivity index (χ3n) is 3.91.